The van der Waals surface area contributed by atoms with E-state index in [0.717, 1.165) is 6.07 Å². The first-order valence-corrected chi connectivity index (χ1v) is 8.14. The normalized spacial score (nSPS) is 11.4. The maximum absolute atomic E-state index is 13.9. The van der Waals surface area contributed by atoms with Crippen molar-refractivity contribution in [1.82, 2.24) is 4.98 Å². The molecule has 1 heterocycles. The molecule has 1 unspecified atom stereocenters. The standard InChI is InChI=1S/C18H20FN3O5/c1-4-25-18(24)10(2)26-17-15(6-5-7-21-17)27-16-9-14(22-11(3)23)12(19)8-13(16)20/h5-10H,4,20H2,1-3H3,(H,22,23). The van der Waals surface area contributed by atoms with Gasteiger partial charge in [0.05, 0.1) is 18.0 Å². The van der Waals surface area contributed by atoms with E-state index in [1.165, 1.54) is 26.1 Å². The summed E-state index contributed by atoms with van der Waals surface area (Å²) in [6.07, 6.45) is 0.541. The molecular formula is C18H20FN3O5. The molecule has 0 bridgehead atoms. The van der Waals surface area contributed by atoms with Crippen molar-refractivity contribution in [3.8, 4) is 17.4 Å². The number of nitrogen functional groups attached to an aromatic ring is 1. The van der Waals surface area contributed by atoms with Gasteiger partial charge < -0.3 is 25.3 Å². The first kappa shape index (κ1) is 20.0. The van der Waals surface area contributed by atoms with Crippen LogP contribution in [0.2, 0.25) is 0 Å². The van der Waals surface area contributed by atoms with Crippen molar-refractivity contribution in [2.24, 2.45) is 0 Å². The quantitative estimate of drug-likeness (QED) is 0.563. The van der Waals surface area contributed by atoms with Gasteiger partial charge in [0, 0.05) is 25.3 Å². The Hall–Kier alpha value is -3.36. The van der Waals surface area contributed by atoms with Crippen molar-refractivity contribution >= 4 is 23.3 Å². The summed E-state index contributed by atoms with van der Waals surface area (Å²) >= 11 is 0. The lowest BCUT2D eigenvalue weighted by Gasteiger charge is -2.16. The van der Waals surface area contributed by atoms with Crippen molar-refractivity contribution in [1.29, 1.82) is 0 Å². The molecule has 1 amide bonds. The maximum Gasteiger partial charge on any atom is 0.347 e. The Bertz CT molecular complexity index is 844. The Morgan fingerprint density at radius 3 is 2.74 bits per heavy atom. The zero-order valence-electron chi connectivity index (χ0n) is 15.1. The summed E-state index contributed by atoms with van der Waals surface area (Å²) in [6, 6.07) is 5.41. The molecule has 8 nitrogen and oxygen atoms in total. The van der Waals surface area contributed by atoms with Crippen LogP contribution >= 0.6 is 0 Å². The first-order chi connectivity index (χ1) is 12.8. The van der Waals surface area contributed by atoms with Crippen molar-refractivity contribution in [3.63, 3.8) is 0 Å². The fraction of sp³-hybridized carbons (Fsp3) is 0.278. The van der Waals surface area contributed by atoms with Crippen LogP contribution in [-0.2, 0) is 14.3 Å². The van der Waals surface area contributed by atoms with E-state index in [9.17, 15) is 14.0 Å². The number of anilines is 2. The number of hydrogen-bond acceptors (Lipinski definition) is 7. The molecule has 0 fully saturated rings. The fourth-order valence-corrected chi connectivity index (χ4v) is 2.08. The van der Waals surface area contributed by atoms with Crippen LogP contribution in [-0.4, -0.2) is 29.6 Å². The van der Waals surface area contributed by atoms with Gasteiger partial charge in [-0.3, -0.25) is 4.79 Å². The highest BCUT2D eigenvalue weighted by Crippen LogP contribution is 2.36. The molecule has 2 rings (SSSR count). The van der Waals surface area contributed by atoms with E-state index in [0.29, 0.717) is 0 Å². The number of pyridine rings is 1. The first-order valence-electron chi connectivity index (χ1n) is 8.14. The highest BCUT2D eigenvalue weighted by Gasteiger charge is 2.20. The van der Waals surface area contributed by atoms with Gasteiger partial charge in [-0.15, -0.1) is 0 Å². The van der Waals surface area contributed by atoms with Gasteiger partial charge in [0.1, 0.15) is 5.82 Å². The number of carbonyl (C=O) groups is 2. The van der Waals surface area contributed by atoms with Crippen LogP contribution in [0.5, 0.6) is 17.4 Å². The lowest BCUT2D eigenvalue weighted by Crippen LogP contribution is -2.26. The van der Waals surface area contributed by atoms with Crippen molar-refractivity contribution < 1.29 is 28.2 Å². The number of ether oxygens (including phenoxy) is 3. The number of nitrogens with zero attached hydrogens (tertiary/aromatic N) is 1. The van der Waals surface area contributed by atoms with E-state index >= 15 is 0 Å². The topological polar surface area (TPSA) is 113 Å². The Labute approximate surface area is 155 Å². The molecule has 3 N–H and O–H groups in total. The molecule has 0 aliphatic carbocycles. The average Bonchev–Trinajstić information content (AvgIpc) is 2.60. The number of halogens is 1. The number of rotatable bonds is 7. The van der Waals surface area contributed by atoms with Crippen LogP contribution < -0.4 is 20.5 Å². The maximum atomic E-state index is 13.9. The van der Waals surface area contributed by atoms with Crippen LogP contribution in [0.3, 0.4) is 0 Å². The minimum atomic E-state index is -0.914. The molecule has 0 saturated carbocycles. The zero-order valence-corrected chi connectivity index (χ0v) is 15.1. The van der Waals surface area contributed by atoms with Crippen LogP contribution in [0.15, 0.2) is 30.5 Å². The van der Waals surface area contributed by atoms with Crippen LogP contribution in [0.4, 0.5) is 15.8 Å². The van der Waals surface area contributed by atoms with Gasteiger partial charge in [-0.1, -0.05) is 0 Å². The SMILES string of the molecule is CCOC(=O)C(C)Oc1ncccc1Oc1cc(NC(C)=O)c(F)cc1N. The smallest absolute Gasteiger partial charge is 0.347 e. The van der Waals surface area contributed by atoms with Crippen LogP contribution in [0.25, 0.3) is 0 Å². The molecule has 0 saturated heterocycles. The number of aromatic nitrogens is 1. The summed E-state index contributed by atoms with van der Waals surface area (Å²) in [6.45, 7) is 4.66. The highest BCUT2D eigenvalue weighted by atomic mass is 19.1. The van der Waals surface area contributed by atoms with Gasteiger partial charge in [0.2, 0.25) is 5.91 Å². The molecule has 0 aliphatic rings. The predicted molar refractivity (Wildman–Crippen MR) is 96.2 cm³/mol. The third kappa shape index (κ3) is 5.30. The van der Waals surface area contributed by atoms with Crippen molar-refractivity contribution in [2.45, 2.75) is 26.9 Å². The molecule has 2 aromatic rings. The van der Waals surface area contributed by atoms with Gasteiger partial charge in [-0.2, -0.15) is 0 Å². The van der Waals surface area contributed by atoms with Gasteiger partial charge >= 0.3 is 5.97 Å². The number of nitrogens with two attached hydrogens (primary N) is 1. The summed E-state index contributed by atoms with van der Waals surface area (Å²) in [5.41, 5.74) is 5.72. The molecule has 1 aromatic heterocycles. The van der Waals surface area contributed by atoms with Gasteiger partial charge in [-0.25, -0.2) is 14.2 Å². The summed E-state index contributed by atoms with van der Waals surface area (Å²) in [7, 11) is 0. The third-order valence-corrected chi connectivity index (χ3v) is 3.27. The largest absolute Gasteiger partial charge is 0.463 e. The number of nitrogens with one attached hydrogen (secondary N) is 1. The molecule has 1 atom stereocenters. The van der Waals surface area contributed by atoms with Gasteiger partial charge in [-0.05, 0) is 26.0 Å². The van der Waals surface area contributed by atoms with Gasteiger partial charge in [0.25, 0.3) is 5.88 Å². The molecule has 0 aliphatic heterocycles. The van der Waals surface area contributed by atoms with E-state index in [2.05, 4.69) is 10.3 Å². The predicted octanol–water partition coefficient (Wildman–Crippen LogP) is 2.88. The lowest BCUT2D eigenvalue weighted by atomic mass is 10.2. The Balaban J connectivity index is 2.28. The van der Waals surface area contributed by atoms with E-state index in [-0.39, 0.29) is 35.4 Å². The molecule has 27 heavy (non-hydrogen) atoms. The van der Waals surface area contributed by atoms with E-state index in [4.69, 9.17) is 19.9 Å². The summed E-state index contributed by atoms with van der Waals surface area (Å²) < 4.78 is 30.0. The second kappa shape index (κ2) is 8.84. The number of esters is 1. The number of carbonyl (C=O) groups excluding carboxylic acids is 2. The third-order valence-electron chi connectivity index (χ3n) is 3.27. The molecule has 1 aromatic carbocycles. The lowest BCUT2D eigenvalue weighted by molar-refractivity contribution is -0.150. The van der Waals surface area contributed by atoms with Crippen LogP contribution in [0, 0.1) is 5.82 Å². The minimum absolute atomic E-state index is 0.00912. The second-order valence-corrected chi connectivity index (χ2v) is 5.47. The summed E-state index contributed by atoms with van der Waals surface area (Å²) in [4.78, 5) is 27.0. The second-order valence-electron chi connectivity index (χ2n) is 5.47. The highest BCUT2D eigenvalue weighted by molar-refractivity contribution is 5.89. The molecule has 0 radical (unpaired) electrons. The zero-order chi connectivity index (χ0) is 20.0. The monoisotopic (exact) mass is 377 g/mol. The Kier molecular flexibility index (Phi) is 6.53. The Morgan fingerprint density at radius 1 is 1.33 bits per heavy atom. The van der Waals surface area contributed by atoms with Crippen LogP contribution in [0.1, 0.15) is 20.8 Å². The van der Waals surface area contributed by atoms with E-state index < -0.39 is 23.8 Å². The molecule has 0 spiro atoms. The number of benzene rings is 1. The van der Waals surface area contributed by atoms with Crippen molar-refractivity contribution in [2.75, 3.05) is 17.7 Å². The summed E-state index contributed by atoms with van der Waals surface area (Å²) in [5, 5.41) is 2.34. The van der Waals surface area contributed by atoms with Gasteiger partial charge in [0.15, 0.2) is 17.6 Å². The summed E-state index contributed by atoms with van der Waals surface area (Å²) in [5.74, 6) is -1.43. The molecule has 144 valence electrons. The Morgan fingerprint density at radius 2 is 2.07 bits per heavy atom. The van der Waals surface area contributed by atoms with E-state index in [1.807, 2.05) is 0 Å². The number of hydrogen-bond donors (Lipinski definition) is 2. The van der Waals surface area contributed by atoms with E-state index in [1.54, 1.807) is 19.1 Å². The fourth-order valence-electron chi connectivity index (χ4n) is 2.08. The molecular weight excluding hydrogens is 357 g/mol. The molecule has 9 heteroatoms. The minimum Gasteiger partial charge on any atom is -0.463 e. The average molecular weight is 377 g/mol. The van der Waals surface area contributed by atoms with Crippen molar-refractivity contribution in [3.05, 3.63) is 36.3 Å². The number of amides is 1.